The molecule has 0 heterocycles. The fraction of sp³-hybridized carbons (Fsp3) is 0.462. The Bertz CT molecular complexity index is 369. The summed E-state index contributed by atoms with van der Waals surface area (Å²) in [5, 5.41) is 11.7. The van der Waals surface area contributed by atoms with E-state index in [0.29, 0.717) is 25.3 Å². The molecule has 4 N–H and O–H groups in total. The molecule has 0 aliphatic rings. The molecule has 0 spiro atoms. The van der Waals surface area contributed by atoms with Crippen LogP contribution in [0, 0.1) is 0 Å². The third kappa shape index (κ3) is 5.27. The van der Waals surface area contributed by atoms with Crippen molar-refractivity contribution in [3.63, 3.8) is 0 Å². The normalized spacial score (nSPS) is 10.5. The molecule has 0 aromatic heterocycles. The molecule has 1 aromatic rings. The van der Waals surface area contributed by atoms with Gasteiger partial charge in [0.25, 0.3) is 0 Å². The van der Waals surface area contributed by atoms with E-state index in [-0.39, 0.29) is 6.61 Å². The lowest BCUT2D eigenvalue weighted by atomic mass is 10.1. The van der Waals surface area contributed by atoms with E-state index in [2.05, 4.69) is 5.32 Å². The van der Waals surface area contributed by atoms with Crippen LogP contribution in [0.25, 0.3) is 0 Å². The van der Waals surface area contributed by atoms with E-state index >= 15 is 0 Å². The molecule has 1 amide bonds. The Morgan fingerprint density at radius 3 is 2.83 bits per heavy atom. The van der Waals surface area contributed by atoms with Gasteiger partial charge in [0.05, 0.1) is 13.2 Å². The van der Waals surface area contributed by atoms with Gasteiger partial charge in [0.15, 0.2) is 0 Å². The van der Waals surface area contributed by atoms with E-state index in [1.54, 1.807) is 12.1 Å². The van der Waals surface area contributed by atoms with Crippen LogP contribution in [-0.4, -0.2) is 37.4 Å². The first-order chi connectivity index (χ1) is 8.75. The second-order valence-electron chi connectivity index (χ2n) is 3.89. The van der Waals surface area contributed by atoms with Gasteiger partial charge in [0, 0.05) is 18.7 Å². The highest BCUT2D eigenvalue weighted by Crippen LogP contribution is 2.07. The molecule has 0 aliphatic carbocycles. The van der Waals surface area contributed by atoms with Crippen LogP contribution in [0.4, 0.5) is 0 Å². The summed E-state index contributed by atoms with van der Waals surface area (Å²) in [6, 6.07) is 7.29. The Balaban J connectivity index is 2.25. The molecule has 0 radical (unpaired) electrons. The number of amides is 1. The van der Waals surface area contributed by atoms with Gasteiger partial charge in [-0.05, 0) is 24.6 Å². The molecule has 0 atom stereocenters. The zero-order chi connectivity index (χ0) is 13.2. The molecule has 0 bridgehead atoms. The van der Waals surface area contributed by atoms with Gasteiger partial charge >= 0.3 is 0 Å². The number of nitrogens with two attached hydrogens (primary N) is 1. The molecule has 0 saturated carbocycles. The summed E-state index contributed by atoms with van der Waals surface area (Å²) in [5.41, 5.74) is 6.75. The Hall–Kier alpha value is -1.43. The molecule has 0 saturated heterocycles. The van der Waals surface area contributed by atoms with Crippen LogP contribution in [0.3, 0.4) is 0 Å². The topological polar surface area (TPSA) is 84.6 Å². The lowest BCUT2D eigenvalue weighted by Gasteiger charge is -2.08. The Labute approximate surface area is 107 Å². The van der Waals surface area contributed by atoms with Gasteiger partial charge in [-0.15, -0.1) is 0 Å². The van der Waals surface area contributed by atoms with Crippen LogP contribution in [0.5, 0.6) is 0 Å². The number of ether oxygens (including phenoxy) is 1. The quantitative estimate of drug-likeness (QED) is 0.551. The molecule has 100 valence electrons. The number of aliphatic hydroxyl groups excluding tert-OH is 1. The summed E-state index contributed by atoms with van der Waals surface area (Å²) < 4.78 is 5.13. The van der Waals surface area contributed by atoms with E-state index in [1.807, 2.05) is 12.1 Å². The van der Waals surface area contributed by atoms with Gasteiger partial charge < -0.3 is 20.9 Å². The number of nitrogens with one attached hydrogen (secondary N) is 1. The summed E-state index contributed by atoms with van der Waals surface area (Å²) in [6.45, 7) is 2.45. The first-order valence-corrected chi connectivity index (χ1v) is 6.02. The van der Waals surface area contributed by atoms with Crippen molar-refractivity contribution in [2.45, 2.75) is 13.0 Å². The number of hydrogen-bond donors (Lipinski definition) is 3. The molecule has 0 unspecified atom stereocenters. The molecule has 0 fully saturated rings. The third-order valence-corrected chi connectivity index (χ3v) is 2.48. The first-order valence-electron chi connectivity index (χ1n) is 6.02. The molecule has 0 aliphatic heterocycles. The van der Waals surface area contributed by atoms with E-state index in [0.717, 1.165) is 18.5 Å². The van der Waals surface area contributed by atoms with Crippen molar-refractivity contribution >= 4 is 5.91 Å². The number of aliphatic hydroxyl groups is 1. The summed E-state index contributed by atoms with van der Waals surface area (Å²) in [7, 11) is 0. The molecule has 1 rings (SSSR count). The van der Waals surface area contributed by atoms with Crippen LogP contribution in [0.1, 0.15) is 22.3 Å². The van der Waals surface area contributed by atoms with Gasteiger partial charge in [0.2, 0.25) is 5.91 Å². The minimum Gasteiger partial charge on any atom is -0.394 e. The zero-order valence-corrected chi connectivity index (χ0v) is 10.4. The number of carbonyl (C=O) groups excluding carboxylic acids is 1. The van der Waals surface area contributed by atoms with Crippen molar-refractivity contribution in [1.29, 1.82) is 0 Å². The van der Waals surface area contributed by atoms with Gasteiger partial charge in [-0.25, -0.2) is 0 Å². The maximum Gasteiger partial charge on any atom is 0.249 e. The van der Waals surface area contributed by atoms with Crippen molar-refractivity contribution in [3.05, 3.63) is 35.4 Å². The van der Waals surface area contributed by atoms with Crippen molar-refractivity contribution in [2.24, 2.45) is 5.73 Å². The SMILES string of the molecule is NC(=O)c1ccccc1CNCCCOCCO. The number of rotatable bonds is 9. The van der Waals surface area contributed by atoms with Crippen molar-refractivity contribution in [1.82, 2.24) is 5.32 Å². The third-order valence-electron chi connectivity index (χ3n) is 2.48. The molecule has 1 aromatic carbocycles. The highest BCUT2D eigenvalue weighted by atomic mass is 16.5. The maximum absolute atomic E-state index is 11.2. The smallest absolute Gasteiger partial charge is 0.249 e. The number of carbonyl (C=O) groups is 1. The van der Waals surface area contributed by atoms with Crippen LogP contribution in [-0.2, 0) is 11.3 Å². The summed E-state index contributed by atoms with van der Waals surface area (Å²) in [6.07, 6.45) is 0.860. The number of benzene rings is 1. The van der Waals surface area contributed by atoms with E-state index in [4.69, 9.17) is 15.6 Å². The lowest BCUT2D eigenvalue weighted by molar-refractivity contribution is 0.0907. The predicted octanol–water partition coefficient (Wildman–Crippen LogP) is 0.274. The van der Waals surface area contributed by atoms with Crippen LogP contribution < -0.4 is 11.1 Å². The zero-order valence-electron chi connectivity index (χ0n) is 10.4. The standard InChI is InChI=1S/C13H20N2O3/c14-13(17)12-5-2-1-4-11(12)10-15-6-3-8-18-9-7-16/h1-2,4-5,15-16H,3,6-10H2,(H2,14,17). The average Bonchev–Trinajstić information content (AvgIpc) is 2.38. The molecule has 5 nitrogen and oxygen atoms in total. The second kappa shape index (κ2) is 8.63. The second-order valence-corrected chi connectivity index (χ2v) is 3.89. The van der Waals surface area contributed by atoms with Crippen LogP contribution >= 0.6 is 0 Å². The molecule has 18 heavy (non-hydrogen) atoms. The molecular formula is C13H20N2O3. The minimum absolute atomic E-state index is 0.0550. The first kappa shape index (κ1) is 14.6. The Kier molecular flexibility index (Phi) is 7.01. The lowest BCUT2D eigenvalue weighted by Crippen LogP contribution is -2.20. The van der Waals surface area contributed by atoms with Gasteiger partial charge in [-0.1, -0.05) is 18.2 Å². The van der Waals surface area contributed by atoms with Gasteiger partial charge in [-0.2, -0.15) is 0 Å². The number of primary amides is 1. The number of hydrogen-bond acceptors (Lipinski definition) is 4. The van der Waals surface area contributed by atoms with E-state index < -0.39 is 5.91 Å². The van der Waals surface area contributed by atoms with Crippen molar-refractivity contribution in [2.75, 3.05) is 26.4 Å². The largest absolute Gasteiger partial charge is 0.394 e. The minimum atomic E-state index is -0.404. The highest BCUT2D eigenvalue weighted by Gasteiger charge is 2.05. The summed E-state index contributed by atoms with van der Waals surface area (Å²) in [4.78, 5) is 11.2. The maximum atomic E-state index is 11.2. The van der Waals surface area contributed by atoms with E-state index in [1.165, 1.54) is 0 Å². The fourth-order valence-electron chi connectivity index (χ4n) is 1.60. The fourth-order valence-corrected chi connectivity index (χ4v) is 1.60. The van der Waals surface area contributed by atoms with Gasteiger partial charge in [0.1, 0.15) is 0 Å². The van der Waals surface area contributed by atoms with E-state index in [9.17, 15) is 4.79 Å². The predicted molar refractivity (Wildman–Crippen MR) is 69.2 cm³/mol. The Morgan fingerprint density at radius 1 is 1.33 bits per heavy atom. The van der Waals surface area contributed by atoms with Gasteiger partial charge in [-0.3, -0.25) is 4.79 Å². The average molecular weight is 252 g/mol. The monoisotopic (exact) mass is 252 g/mol. The molecular weight excluding hydrogens is 232 g/mol. The molecule has 5 heteroatoms. The summed E-state index contributed by atoms with van der Waals surface area (Å²) in [5.74, 6) is -0.404. The van der Waals surface area contributed by atoms with Crippen LogP contribution in [0.2, 0.25) is 0 Å². The van der Waals surface area contributed by atoms with Crippen LogP contribution in [0.15, 0.2) is 24.3 Å². The summed E-state index contributed by atoms with van der Waals surface area (Å²) >= 11 is 0. The van der Waals surface area contributed by atoms with Crippen molar-refractivity contribution in [3.8, 4) is 0 Å². The highest BCUT2D eigenvalue weighted by molar-refractivity contribution is 5.94. The van der Waals surface area contributed by atoms with Crippen molar-refractivity contribution < 1.29 is 14.6 Å². The Morgan fingerprint density at radius 2 is 2.11 bits per heavy atom.